The number of anilines is 1. The van der Waals surface area contributed by atoms with E-state index in [1.54, 1.807) is 25.2 Å². The summed E-state index contributed by atoms with van der Waals surface area (Å²) < 4.78 is 9.05. The summed E-state index contributed by atoms with van der Waals surface area (Å²) in [5, 5.41) is 18.2. The van der Waals surface area contributed by atoms with Gasteiger partial charge in [0, 0.05) is 19.2 Å². The van der Waals surface area contributed by atoms with Gasteiger partial charge in [-0.05, 0) is 19.4 Å². The lowest BCUT2D eigenvalue weighted by Gasteiger charge is -2.12. The molecule has 3 rings (SSSR count). The van der Waals surface area contributed by atoms with Gasteiger partial charge in [0.05, 0.1) is 24.9 Å². The molecule has 0 radical (unpaired) electrons. The van der Waals surface area contributed by atoms with E-state index >= 15 is 0 Å². The van der Waals surface area contributed by atoms with E-state index in [0.717, 1.165) is 35.5 Å². The van der Waals surface area contributed by atoms with Gasteiger partial charge in [0.25, 0.3) is 0 Å². The highest BCUT2D eigenvalue weighted by atomic mass is 16.5. The Hall–Kier alpha value is -3.36. The van der Waals surface area contributed by atoms with Crippen molar-refractivity contribution in [1.82, 2.24) is 29.9 Å². The first kappa shape index (κ1) is 19.4. The van der Waals surface area contributed by atoms with Gasteiger partial charge in [-0.15, -0.1) is 10.2 Å². The second kappa shape index (κ2) is 8.55. The van der Waals surface area contributed by atoms with Crippen LogP contribution in [0.2, 0.25) is 0 Å². The molecule has 28 heavy (non-hydrogen) atoms. The molecular formula is C19H25N7O2. The number of nitrogens with zero attached hydrogens (tertiary/aromatic N) is 5. The van der Waals surface area contributed by atoms with Crippen LogP contribution in [0.3, 0.4) is 0 Å². The van der Waals surface area contributed by atoms with Gasteiger partial charge >= 0.3 is 6.03 Å². The molecule has 2 aromatic heterocycles. The summed E-state index contributed by atoms with van der Waals surface area (Å²) in [5.41, 5.74) is 2.49. The van der Waals surface area contributed by atoms with Crippen molar-refractivity contribution in [2.75, 3.05) is 12.4 Å². The van der Waals surface area contributed by atoms with Gasteiger partial charge < -0.3 is 14.6 Å². The zero-order valence-corrected chi connectivity index (χ0v) is 16.6. The lowest BCUT2D eigenvalue weighted by Crippen LogP contribution is -2.30. The third-order valence-electron chi connectivity index (χ3n) is 4.40. The van der Waals surface area contributed by atoms with Gasteiger partial charge in [0.2, 0.25) is 0 Å². The summed E-state index contributed by atoms with van der Waals surface area (Å²) in [7, 11) is 3.41. The number of nitrogens with one attached hydrogen (secondary N) is 2. The zero-order chi connectivity index (χ0) is 20.1. The van der Waals surface area contributed by atoms with E-state index in [2.05, 4.69) is 32.9 Å². The molecule has 0 aliphatic rings. The number of urea groups is 1. The third-order valence-corrected chi connectivity index (χ3v) is 4.40. The number of aromatic nitrogens is 5. The van der Waals surface area contributed by atoms with Crippen molar-refractivity contribution in [2.45, 2.75) is 33.4 Å². The van der Waals surface area contributed by atoms with Crippen molar-refractivity contribution in [3.8, 4) is 16.9 Å². The molecule has 1 aromatic carbocycles. The fraction of sp³-hybridized carbons (Fsp3) is 0.368. The summed E-state index contributed by atoms with van der Waals surface area (Å²) in [6, 6.07) is 7.31. The van der Waals surface area contributed by atoms with E-state index in [-0.39, 0.29) is 12.6 Å². The number of hydrogen-bond acceptors (Lipinski definition) is 5. The molecule has 2 heterocycles. The molecule has 0 fully saturated rings. The number of aryl methyl sites for hydroxylation is 3. The molecule has 0 saturated carbocycles. The van der Waals surface area contributed by atoms with E-state index in [1.807, 2.05) is 35.8 Å². The van der Waals surface area contributed by atoms with Crippen LogP contribution in [0.4, 0.5) is 10.6 Å². The van der Waals surface area contributed by atoms with Crippen LogP contribution < -0.4 is 15.4 Å². The zero-order valence-electron chi connectivity index (χ0n) is 16.6. The number of amides is 2. The number of benzene rings is 1. The van der Waals surface area contributed by atoms with Crippen LogP contribution in [-0.4, -0.2) is 37.7 Å². The summed E-state index contributed by atoms with van der Waals surface area (Å²) in [5.74, 6) is 2.02. The van der Waals surface area contributed by atoms with Crippen LogP contribution in [0.25, 0.3) is 11.1 Å². The SMILES string of the molecule is CCCn1cnnc1CNC(=O)Nc1c(-c2ccccc2OC)c(C)nn1C. The third kappa shape index (κ3) is 3.98. The number of carbonyl (C=O) groups excluding carboxylic acids is 1. The largest absolute Gasteiger partial charge is 0.496 e. The van der Waals surface area contributed by atoms with Crippen LogP contribution in [0.15, 0.2) is 30.6 Å². The lowest BCUT2D eigenvalue weighted by atomic mass is 10.0. The first-order valence-corrected chi connectivity index (χ1v) is 9.13. The summed E-state index contributed by atoms with van der Waals surface area (Å²) in [6.45, 7) is 5.07. The van der Waals surface area contributed by atoms with Crippen LogP contribution in [0.5, 0.6) is 5.75 Å². The second-order valence-electron chi connectivity index (χ2n) is 6.38. The Morgan fingerprint density at radius 3 is 2.82 bits per heavy atom. The Labute approximate surface area is 163 Å². The maximum absolute atomic E-state index is 12.5. The average Bonchev–Trinajstić information content (AvgIpc) is 3.24. The fourth-order valence-corrected chi connectivity index (χ4v) is 3.13. The molecule has 2 amide bonds. The van der Waals surface area contributed by atoms with E-state index in [0.29, 0.717) is 11.6 Å². The molecule has 0 aliphatic carbocycles. The first-order valence-electron chi connectivity index (χ1n) is 9.13. The molecule has 9 nitrogen and oxygen atoms in total. The molecule has 0 spiro atoms. The molecule has 9 heteroatoms. The predicted octanol–water partition coefficient (Wildman–Crippen LogP) is 2.73. The van der Waals surface area contributed by atoms with Crippen LogP contribution in [0.1, 0.15) is 24.9 Å². The second-order valence-corrected chi connectivity index (χ2v) is 6.38. The molecule has 0 bridgehead atoms. The van der Waals surface area contributed by atoms with Gasteiger partial charge in [-0.2, -0.15) is 5.10 Å². The van der Waals surface area contributed by atoms with Crippen molar-refractivity contribution < 1.29 is 9.53 Å². The Bertz CT molecular complexity index is 961. The molecule has 2 N–H and O–H groups in total. The quantitative estimate of drug-likeness (QED) is 0.654. The maximum atomic E-state index is 12.5. The van der Waals surface area contributed by atoms with Gasteiger partial charge in [0.1, 0.15) is 17.9 Å². The molecule has 0 aliphatic heterocycles. The number of ether oxygens (including phenoxy) is 1. The molecule has 0 unspecified atom stereocenters. The van der Waals surface area contributed by atoms with Crippen LogP contribution in [-0.2, 0) is 20.1 Å². The minimum Gasteiger partial charge on any atom is -0.496 e. The Balaban J connectivity index is 1.79. The Morgan fingerprint density at radius 2 is 2.07 bits per heavy atom. The van der Waals surface area contributed by atoms with Crippen molar-refractivity contribution in [3.63, 3.8) is 0 Å². The molecule has 148 valence electrons. The summed E-state index contributed by atoms with van der Waals surface area (Å²) in [6.07, 6.45) is 2.64. The summed E-state index contributed by atoms with van der Waals surface area (Å²) in [4.78, 5) is 12.5. The van der Waals surface area contributed by atoms with E-state index < -0.39 is 0 Å². The lowest BCUT2D eigenvalue weighted by molar-refractivity contribution is 0.251. The molecule has 0 saturated heterocycles. The highest BCUT2D eigenvalue weighted by Gasteiger charge is 2.20. The monoisotopic (exact) mass is 383 g/mol. The van der Waals surface area contributed by atoms with E-state index in [1.165, 1.54) is 0 Å². The maximum Gasteiger partial charge on any atom is 0.320 e. The number of rotatable bonds is 7. The highest BCUT2D eigenvalue weighted by molar-refractivity contribution is 5.94. The minimum absolute atomic E-state index is 0.284. The standard InChI is InChI=1S/C19H25N7O2/c1-5-10-26-12-21-23-16(26)11-20-19(27)22-18-17(13(2)24-25(18)3)14-8-6-7-9-15(14)28-4/h6-9,12H,5,10-11H2,1-4H3,(H2,20,22,27). The van der Waals surface area contributed by atoms with Gasteiger partial charge in [-0.3, -0.25) is 10.00 Å². The Morgan fingerprint density at radius 1 is 1.29 bits per heavy atom. The molecular weight excluding hydrogens is 358 g/mol. The average molecular weight is 383 g/mol. The molecule has 3 aromatic rings. The van der Waals surface area contributed by atoms with Gasteiger partial charge in [-0.1, -0.05) is 25.1 Å². The Kier molecular flexibility index (Phi) is 5.93. The minimum atomic E-state index is -0.342. The van der Waals surface area contributed by atoms with Crippen LogP contribution in [0, 0.1) is 6.92 Å². The number of hydrogen-bond donors (Lipinski definition) is 2. The first-order chi connectivity index (χ1) is 13.5. The topological polar surface area (TPSA) is 98.9 Å². The van der Waals surface area contributed by atoms with Crippen molar-refractivity contribution in [3.05, 3.63) is 42.1 Å². The van der Waals surface area contributed by atoms with Gasteiger partial charge in [0.15, 0.2) is 5.82 Å². The molecule has 0 atom stereocenters. The number of methoxy groups -OCH3 is 1. The number of carbonyl (C=O) groups is 1. The van der Waals surface area contributed by atoms with Crippen molar-refractivity contribution in [1.29, 1.82) is 0 Å². The fourth-order valence-electron chi connectivity index (χ4n) is 3.13. The van der Waals surface area contributed by atoms with E-state index in [4.69, 9.17) is 4.74 Å². The normalized spacial score (nSPS) is 10.7. The summed E-state index contributed by atoms with van der Waals surface area (Å²) >= 11 is 0. The van der Waals surface area contributed by atoms with Gasteiger partial charge in [-0.25, -0.2) is 4.79 Å². The predicted molar refractivity (Wildman–Crippen MR) is 106 cm³/mol. The highest BCUT2D eigenvalue weighted by Crippen LogP contribution is 2.36. The van der Waals surface area contributed by atoms with Crippen LogP contribution >= 0.6 is 0 Å². The smallest absolute Gasteiger partial charge is 0.320 e. The van der Waals surface area contributed by atoms with E-state index in [9.17, 15) is 4.79 Å². The van der Waals surface area contributed by atoms with Crippen molar-refractivity contribution >= 4 is 11.8 Å². The number of para-hydroxylation sites is 1. The van der Waals surface area contributed by atoms with Crippen molar-refractivity contribution in [2.24, 2.45) is 7.05 Å².